The zero-order valence-corrected chi connectivity index (χ0v) is 12.3. The second kappa shape index (κ2) is 6.80. The molecule has 0 saturated carbocycles. The van der Waals surface area contributed by atoms with Gasteiger partial charge in [0.1, 0.15) is 0 Å². The second-order valence-corrected chi connectivity index (χ2v) is 5.23. The molecule has 0 aliphatic heterocycles. The summed E-state index contributed by atoms with van der Waals surface area (Å²) in [5.41, 5.74) is 1.86. The van der Waals surface area contributed by atoms with Crippen LogP contribution in [0.2, 0.25) is 0 Å². The van der Waals surface area contributed by atoms with Crippen LogP contribution in [-0.4, -0.2) is 12.5 Å². The molecule has 0 atom stereocenters. The van der Waals surface area contributed by atoms with Crippen LogP contribution in [-0.2, 0) is 0 Å². The molecule has 1 amide bonds. The summed E-state index contributed by atoms with van der Waals surface area (Å²) in [6, 6.07) is 5.78. The monoisotopic (exact) mass is 297 g/mol. The van der Waals surface area contributed by atoms with Crippen molar-refractivity contribution in [2.45, 2.75) is 33.6 Å². The normalized spacial score (nSPS) is 10.6. The third kappa shape index (κ3) is 4.15. The molecule has 0 aliphatic rings. The van der Waals surface area contributed by atoms with Crippen LogP contribution in [0.25, 0.3) is 0 Å². The van der Waals surface area contributed by atoms with Crippen LogP contribution in [0, 0.1) is 12.8 Å². The van der Waals surface area contributed by atoms with Gasteiger partial charge in [-0.15, -0.1) is 0 Å². The lowest BCUT2D eigenvalue weighted by Gasteiger charge is -2.13. The lowest BCUT2D eigenvalue weighted by Crippen LogP contribution is -2.29. The molecule has 0 aliphatic carbocycles. The molecule has 2 nitrogen and oxygen atoms in total. The highest BCUT2D eigenvalue weighted by Crippen LogP contribution is 2.18. The maximum absolute atomic E-state index is 12.0. The van der Waals surface area contributed by atoms with E-state index in [1.807, 2.05) is 25.1 Å². The minimum Gasteiger partial charge on any atom is -0.352 e. The SMILES string of the molecule is CCC(CC)CNC(=O)c1ccc(C)cc1Br. The van der Waals surface area contributed by atoms with Crippen LogP contribution in [0.1, 0.15) is 42.6 Å². The first-order chi connectivity index (χ1) is 8.08. The van der Waals surface area contributed by atoms with E-state index in [2.05, 4.69) is 35.1 Å². The van der Waals surface area contributed by atoms with E-state index in [1.165, 1.54) is 0 Å². The number of hydrogen-bond donors (Lipinski definition) is 1. The molecule has 0 bridgehead atoms. The zero-order chi connectivity index (χ0) is 12.8. The van der Waals surface area contributed by atoms with E-state index in [1.54, 1.807) is 0 Å². The first kappa shape index (κ1) is 14.2. The Morgan fingerprint density at radius 3 is 2.53 bits per heavy atom. The lowest BCUT2D eigenvalue weighted by atomic mass is 10.0. The summed E-state index contributed by atoms with van der Waals surface area (Å²) in [4.78, 5) is 12.0. The summed E-state index contributed by atoms with van der Waals surface area (Å²) in [6.45, 7) is 7.08. The molecule has 0 heterocycles. The zero-order valence-electron chi connectivity index (χ0n) is 10.7. The van der Waals surface area contributed by atoms with E-state index in [0.29, 0.717) is 11.5 Å². The highest BCUT2D eigenvalue weighted by molar-refractivity contribution is 9.10. The Kier molecular flexibility index (Phi) is 5.69. The number of aryl methyl sites for hydroxylation is 1. The quantitative estimate of drug-likeness (QED) is 0.877. The Bertz CT molecular complexity index is 386. The summed E-state index contributed by atoms with van der Waals surface area (Å²) in [5.74, 6) is 0.576. The molecule has 94 valence electrons. The van der Waals surface area contributed by atoms with Crippen LogP contribution in [0.5, 0.6) is 0 Å². The molecule has 1 N–H and O–H groups in total. The van der Waals surface area contributed by atoms with E-state index in [4.69, 9.17) is 0 Å². The number of carbonyl (C=O) groups is 1. The molecule has 0 radical (unpaired) electrons. The number of hydrogen-bond acceptors (Lipinski definition) is 1. The number of halogens is 1. The molecule has 1 aromatic rings. The smallest absolute Gasteiger partial charge is 0.252 e. The number of nitrogens with one attached hydrogen (secondary N) is 1. The van der Waals surface area contributed by atoms with Crippen LogP contribution < -0.4 is 5.32 Å². The van der Waals surface area contributed by atoms with Crippen molar-refractivity contribution in [1.82, 2.24) is 5.32 Å². The van der Waals surface area contributed by atoms with Gasteiger partial charge in [0, 0.05) is 11.0 Å². The fraction of sp³-hybridized carbons (Fsp3) is 0.500. The van der Waals surface area contributed by atoms with Gasteiger partial charge in [0.15, 0.2) is 0 Å². The molecule has 3 heteroatoms. The summed E-state index contributed by atoms with van der Waals surface area (Å²) < 4.78 is 0.861. The van der Waals surface area contributed by atoms with Gasteiger partial charge in [-0.1, -0.05) is 32.8 Å². The fourth-order valence-electron chi connectivity index (χ4n) is 1.71. The lowest BCUT2D eigenvalue weighted by molar-refractivity contribution is 0.0945. The molecule has 0 aromatic heterocycles. The second-order valence-electron chi connectivity index (χ2n) is 4.38. The Morgan fingerprint density at radius 2 is 2.00 bits per heavy atom. The molecular formula is C14H20BrNO. The molecule has 0 saturated heterocycles. The predicted octanol–water partition coefficient (Wildman–Crippen LogP) is 3.92. The number of carbonyl (C=O) groups excluding carboxylic acids is 1. The van der Waals surface area contributed by atoms with Gasteiger partial charge in [-0.05, 0) is 46.5 Å². The van der Waals surface area contributed by atoms with Crippen molar-refractivity contribution < 1.29 is 4.79 Å². The average Bonchev–Trinajstić information content (AvgIpc) is 2.30. The van der Waals surface area contributed by atoms with Crippen LogP contribution in [0.4, 0.5) is 0 Å². The Balaban J connectivity index is 2.64. The number of benzene rings is 1. The van der Waals surface area contributed by atoms with E-state index < -0.39 is 0 Å². The van der Waals surface area contributed by atoms with Crippen molar-refractivity contribution in [2.75, 3.05) is 6.54 Å². The van der Waals surface area contributed by atoms with Gasteiger partial charge >= 0.3 is 0 Å². The van der Waals surface area contributed by atoms with Gasteiger partial charge in [0.25, 0.3) is 5.91 Å². The molecule has 0 unspecified atom stereocenters. The Labute approximate surface area is 112 Å². The largest absolute Gasteiger partial charge is 0.352 e. The molecule has 1 aromatic carbocycles. The summed E-state index contributed by atoms with van der Waals surface area (Å²) in [5, 5.41) is 2.99. The predicted molar refractivity (Wildman–Crippen MR) is 75.3 cm³/mol. The van der Waals surface area contributed by atoms with Gasteiger partial charge in [-0.2, -0.15) is 0 Å². The van der Waals surface area contributed by atoms with Crippen molar-refractivity contribution in [2.24, 2.45) is 5.92 Å². The van der Waals surface area contributed by atoms with Crippen molar-refractivity contribution in [1.29, 1.82) is 0 Å². The highest BCUT2D eigenvalue weighted by atomic mass is 79.9. The molecule has 0 spiro atoms. The number of amides is 1. The standard InChI is InChI=1S/C14H20BrNO/c1-4-11(5-2)9-16-14(17)12-7-6-10(3)8-13(12)15/h6-8,11H,4-5,9H2,1-3H3,(H,16,17). The summed E-state index contributed by atoms with van der Waals surface area (Å²) >= 11 is 3.43. The fourth-order valence-corrected chi connectivity index (χ4v) is 2.39. The first-order valence-corrected chi connectivity index (χ1v) is 6.92. The van der Waals surface area contributed by atoms with Crippen molar-refractivity contribution in [3.63, 3.8) is 0 Å². The van der Waals surface area contributed by atoms with Crippen LogP contribution in [0.15, 0.2) is 22.7 Å². The topological polar surface area (TPSA) is 29.1 Å². The van der Waals surface area contributed by atoms with E-state index in [0.717, 1.165) is 29.4 Å². The van der Waals surface area contributed by atoms with Crippen LogP contribution >= 0.6 is 15.9 Å². The minimum atomic E-state index is 0.00350. The van der Waals surface area contributed by atoms with Gasteiger partial charge in [-0.25, -0.2) is 0 Å². The van der Waals surface area contributed by atoms with Gasteiger partial charge < -0.3 is 5.32 Å². The molecule has 0 fully saturated rings. The van der Waals surface area contributed by atoms with Crippen molar-refractivity contribution in [3.05, 3.63) is 33.8 Å². The van der Waals surface area contributed by atoms with Gasteiger partial charge in [0.05, 0.1) is 5.56 Å². The van der Waals surface area contributed by atoms with E-state index in [9.17, 15) is 4.79 Å². The molecule has 1 rings (SSSR count). The Morgan fingerprint density at radius 1 is 1.35 bits per heavy atom. The Hall–Kier alpha value is -0.830. The minimum absolute atomic E-state index is 0.00350. The molecular weight excluding hydrogens is 278 g/mol. The van der Waals surface area contributed by atoms with Gasteiger partial charge in [-0.3, -0.25) is 4.79 Å². The summed E-state index contributed by atoms with van der Waals surface area (Å²) in [7, 11) is 0. The number of rotatable bonds is 5. The first-order valence-electron chi connectivity index (χ1n) is 6.12. The maximum atomic E-state index is 12.0. The van der Waals surface area contributed by atoms with Crippen LogP contribution in [0.3, 0.4) is 0 Å². The van der Waals surface area contributed by atoms with E-state index in [-0.39, 0.29) is 5.91 Å². The third-order valence-electron chi connectivity index (χ3n) is 3.08. The molecule has 17 heavy (non-hydrogen) atoms. The van der Waals surface area contributed by atoms with Crippen molar-refractivity contribution in [3.8, 4) is 0 Å². The van der Waals surface area contributed by atoms with Gasteiger partial charge in [0.2, 0.25) is 0 Å². The average molecular weight is 298 g/mol. The maximum Gasteiger partial charge on any atom is 0.252 e. The highest BCUT2D eigenvalue weighted by Gasteiger charge is 2.11. The third-order valence-corrected chi connectivity index (χ3v) is 3.73. The van der Waals surface area contributed by atoms with Crippen molar-refractivity contribution >= 4 is 21.8 Å². The van der Waals surface area contributed by atoms with E-state index >= 15 is 0 Å². The summed E-state index contributed by atoms with van der Waals surface area (Å²) in [6.07, 6.45) is 2.21.